The Bertz CT molecular complexity index is 301. The minimum Gasteiger partial charge on any atom is -0.366 e. The molecule has 1 amide bonds. The van der Waals surface area contributed by atoms with Gasteiger partial charge in [-0.05, 0) is 24.6 Å². The van der Waals surface area contributed by atoms with Crippen LogP contribution in [-0.2, 0) is 4.79 Å². The van der Waals surface area contributed by atoms with E-state index in [2.05, 4.69) is 4.98 Å². The van der Waals surface area contributed by atoms with Gasteiger partial charge in [-0.25, -0.2) is 0 Å². The number of aromatic nitrogens is 1. The SMILES string of the molecule is Cc1ccc(C=CC(N)=O)nc1. The van der Waals surface area contributed by atoms with Gasteiger partial charge in [0.15, 0.2) is 0 Å². The van der Waals surface area contributed by atoms with Crippen molar-refractivity contribution in [1.29, 1.82) is 0 Å². The molecule has 0 saturated carbocycles. The number of hydrogen-bond donors (Lipinski definition) is 1. The third-order valence-electron chi connectivity index (χ3n) is 1.35. The van der Waals surface area contributed by atoms with Crippen LogP contribution in [0.1, 0.15) is 11.3 Å². The van der Waals surface area contributed by atoms with Crippen molar-refractivity contribution in [1.82, 2.24) is 4.98 Å². The monoisotopic (exact) mass is 162 g/mol. The number of amides is 1. The van der Waals surface area contributed by atoms with E-state index < -0.39 is 5.91 Å². The first-order valence-corrected chi connectivity index (χ1v) is 3.58. The normalized spacial score (nSPS) is 10.4. The fourth-order valence-corrected chi connectivity index (χ4v) is 0.745. The molecule has 0 aliphatic heterocycles. The van der Waals surface area contributed by atoms with Gasteiger partial charge >= 0.3 is 0 Å². The third kappa shape index (κ3) is 2.54. The highest BCUT2D eigenvalue weighted by atomic mass is 16.1. The minimum atomic E-state index is -0.461. The molecule has 0 spiro atoms. The van der Waals surface area contributed by atoms with Crippen LogP contribution in [0.5, 0.6) is 0 Å². The van der Waals surface area contributed by atoms with Crippen LogP contribution in [0.15, 0.2) is 24.4 Å². The Morgan fingerprint density at radius 2 is 2.33 bits per heavy atom. The summed E-state index contributed by atoms with van der Waals surface area (Å²) in [4.78, 5) is 14.4. The van der Waals surface area contributed by atoms with Crippen molar-refractivity contribution in [3.05, 3.63) is 35.7 Å². The average molecular weight is 162 g/mol. The molecule has 1 rings (SSSR count). The number of hydrogen-bond acceptors (Lipinski definition) is 2. The maximum atomic E-state index is 10.3. The molecule has 1 aromatic heterocycles. The van der Waals surface area contributed by atoms with E-state index in [1.165, 1.54) is 6.08 Å². The zero-order chi connectivity index (χ0) is 8.97. The van der Waals surface area contributed by atoms with E-state index in [-0.39, 0.29) is 0 Å². The molecule has 0 aliphatic rings. The molecule has 3 heteroatoms. The number of pyridine rings is 1. The van der Waals surface area contributed by atoms with Gasteiger partial charge in [0.25, 0.3) is 0 Å². The summed E-state index contributed by atoms with van der Waals surface area (Å²) in [5, 5.41) is 0. The summed E-state index contributed by atoms with van der Waals surface area (Å²) in [5.41, 5.74) is 6.74. The predicted octanol–water partition coefficient (Wildman–Crippen LogP) is 0.889. The molecule has 0 bridgehead atoms. The number of aryl methyl sites for hydroxylation is 1. The number of rotatable bonds is 2. The molecular formula is C9H10N2O. The second-order valence-corrected chi connectivity index (χ2v) is 2.50. The summed E-state index contributed by atoms with van der Waals surface area (Å²) in [7, 11) is 0. The Balaban J connectivity index is 2.77. The lowest BCUT2D eigenvalue weighted by atomic mass is 10.2. The maximum absolute atomic E-state index is 10.3. The molecule has 0 aromatic carbocycles. The van der Waals surface area contributed by atoms with E-state index in [1.54, 1.807) is 12.3 Å². The third-order valence-corrected chi connectivity index (χ3v) is 1.35. The fourth-order valence-electron chi connectivity index (χ4n) is 0.745. The Hall–Kier alpha value is -1.64. The van der Waals surface area contributed by atoms with Gasteiger partial charge in [0.1, 0.15) is 0 Å². The van der Waals surface area contributed by atoms with Crippen LogP contribution in [-0.4, -0.2) is 10.9 Å². The lowest BCUT2D eigenvalue weighted by Crippen LogP contribution is -2.05. The van der Waals surface area contributed by atoms with Crippen LogP contribution >= 0.6 is 0 Å². The van der Waals surface area contributed by atoms with Gasteiger partial charge in [0.2, 0.25) is 5.91 Å². The molecule has 1 aromatic rings. The molecule has 2 N–H and O–H groups in total. The second-order valence-electron chi connectivity index (χ2n) is 2.50. The molecule has 0 radical (unpaired) electrons. The van der Waals surface area contributed by atoms with Crippen LogP contribution in [0.2, 0.25) is 0 Å². The summed E-state index contributed by atoms with van der Waals surface area (Å²) in [5.74, 6) is -0.461. The van der Waals surface area contributed by atoms with Crippen molar-refractivity contribution in [2.45, 2.75) is 6.92 Å². The van der Waals surface area contributed by atoms with Gasteiger partial charge in [0.05, 0.1) is 5.69 Å². The smallest absolute Gasteiger partial charge is 0.241 e. The van der Waals surface area contributed by atoms with Crippen LogP contribution < -0.4 is 5.73 Å². The summed E-state index contributed by atoms with van der Waals surface area (Å²) in [6, 6.07) is 3.75. The molecule has 0 saturated heterocycles. The molecule has 0 fully saturated rings. The van der Waals surface area contributed by atoms with Gasteiger partial charge in [-0.2, -0.15) is 0 Å². The standard InChI is InChI=1S/C9H10N2O/c1-7-2-3-8(11-6-7)4-5-9(10)12/h2-6H,1H3,(H2,10,12). The van der Waals surface area contributed by atoms with Crippen molar-refractivity contribution in [2.75, 3.05) is 0 Å². The molecule has 3 nitrogen and oxygen atoms in total. The topological polar surface area (TPSA) is 56.0 Å². The van der Waals surface area contributed by atoms with Gasteiger partial charge in [0, 0.05) is 12.3 Å². The minimum absolute atomic E-state index is 0.461. The second kappa shape index (κ2) is 3.67. The van der Waals surface area contributed by atoms with Crippen molar-refractivity contribution in [3.63, 3.8) is 0 Å². The molecule has 1 heterocycles. The van der Waals surface area contributed by atoms with Gasteiger partial charge in [-0.3, -0.25) is 9.78 Å². The van der Waals surface area contributed by atoms with Crippen LogP contribution in [0.4, 0.5) is 0 Å². The van der Waals surface area contributed by atoms with Crippen molar-refractivity contribution in [2.24, 2.45) is 5.73 Å². The molecular weight excluding hydrogens is 152 g/mol. The largest absolute Gasteiger partial charge is 0.366 e. The first-order chi connectivity index (χ1) is 5.68. The summed E-state index contributed by atoms with van der Waals surface area (Å²) < 4.78 is 0. The highest BCUT2D eigenvalue weighted by Gasteiger charge is 1.88. The number of carbonyl (C=O) groups is 1. The molecule has 0 aliphatic carbocycles. The lowest BCUT2D eigenvalue weighted by Gasteiger charge is -1.92. The first kappa shape index (κ1) is 8.46. The van der Waals surface area contributed by atoms with Gasteiger partial charge < -0.3 is 5.73 Å². The first-order valence-electron chi connectivity index (χ1n) is 3.58. The van der Waals surface area contributed by atoms with Crippen molar-refractivity contribution in [3.8, 4) is 0 Å². The summed E-state index contributed by atoms with van der Waals surface area (Å²) in [6.07, 6.45) is 4.61. The Labute approximate surface area is 70.9 Å². The van der Waals surface area contributed by atoms with Crippen molar-refractivity contribution >= 4 is 12.0 Å². The molecule has 12 heavy (non-hydrogen) atoms. The molecule has 0 unspecified atom stereocenters. The van der Waals surface area contributed by atoms with E-state index >= 15 is 0 Å². The lowest BCUT2D eigenvalue weighted by molar-refractivity contribution is -0.113. The quantitative estimate of drug-likeness (QED) is 0.656. The Kier molecular flexibility index (Phi) is 2.58. The number of nitrogens with two attached hydrogens (primary N) is 1. The number of primary amides is 1. The highest BCUT2D eigenvalue weighted by Crippen LogP contribution is 1.99. The highest BCUT2D eigenvalue weighted by molar-refractivity contribution is 5.89. The van der Waals surface area contributed by atoms with E-state index in [0.717, 1.165) is 11.3 Å². The predicted molar refractivity (Wildman–Crippen MR) is 47.2 cm³/mol. The van der Waals surface area contributed by atoms with E-state index in [1.807, 2.05) is 19.1 Å². The Morgan fingerprint density at radius 1 is 1.58 bits per heavy atom. The fraction of sp³-hybridized carbons (Fsp3) is 0.111. The number of carbonyl (C=O) groups excluding carboxylic acids is 1. The van der Waals surface area contributed by atoms with Crippen LogP contribution in [0.25, 0.3) is 6.08 Å². The van der Waals surface area contributed by atoms with Crippen LogP contribution in [0.3, 0.4) is 0 Å². The average Bonchev–Trinajstić information content (AvgIpc) is 2.03. The van der Waals surface area contributed by atoms with Crippen molar-refractivity contribution < 1.29 is 4.79 Å². The zero-order valence-corrected chi connectivity index (χ0v) is 6.82. The zero-order valence-electron chi connectivity index (χ0n) is 6.82. The maximum Gasteiger partial charge on any atom is 0.241 e. The Morgan fingerprint density at radius 3 is 2.83 bits per heavy atom. The summed E-state index contributed by atoms with van der Waals surface area (Å²) >= 11 is 0. The number of nitrogens with zero attached hydrogens (tertiary/aromatic N) is 1. The molecule has 62 valence electrons. The van der Waals surface area contributed by atoms with E-state index in [9.17, 15) is 4.79 Å². The van der Waals surface area contributed by atoms with Crippen LogP contribution in [0, 0.1) is 6.92 Å². The molecule has 0 atom stereocenters. The van der Waals surface area contributed by atoms with Gasteiger partial charge in [-0.15, -0.1) is 0 Å². The van der Waals surface area contributed by atoms with E-state index in [4.69, 9.17) is 5.73 Å². The summed E-state index contributed by atoms with van der Waals surface area (Å²) in [6.45, 7) is 1.95. The van der Waals surface area contributed by atoms with E-state index in [0.29, 0.717) is 0 Å². The van der Waals surface area contributed by atoms with Gasteiger partial charge in [-0.1, -0.05) is 6.07 Å².